The number of ether oxygens (including phenoxy) is 1. The second-order valence-corrected chi connectivity index (χ2v) is 7.14. The first kappa shape index (κ1) is 22.6. The maximum atomic E-state index is 12.7. The van der Waals surface area contributed by atoms with Gasteiger partial charge in [-0.2, -0.15) is 0 Å². The van der Waals surface area contributed by atoms with Gasteiger partial charge in [0.15, 0.2) is 5.75 Å². The fourth-order valence-electron chi connectivity index (χ4n) is 3.33. The average molecular weight is 423 g/mol. The number of methoxy groups -OCH3 is 1. The molecule has 0 aliphatic heterocycles. The van der Waals surface area contributed by atoms with Crippen LogP contribution in [0.15, 0.2) is 61.2 Å². The van der Waals surface area contributed by atoms with E-state index in [9.17, 15) is 4.79 Å². The van der Waals surface area contributed by atoms with Gasteiger partial charge in [-0.3, -0.25) is 4.79 Å². The lowest BCUT2D eigenvalue weighted by Gasteiger charge is -2.17. The molecule has 1 N–H and O–H groups in total. The highest BCUT2D eigenvalue weighted by molar-refractivity contribution is 6.03. The van der Waals surface area contributed by atoms with Gasteiger partial charge in [-0.1, -0.05) is 60.4 Å². The maximum absolute atomic E-state index is 12.7. The number of nitrogens with one attached hydrogen (secondary N) is 1. The number of allylic oxidation sites excluding steroid dienone is 1. The summed E-state index contributed by atoms with van der Waals surface area (Å²) in [5, 5.41) is 2.69. The third kappa shape index (κ3) is 4.79. The molecule has 1 heterocycles. The van der Waals surface area contributed by atoms with Crippen molar-refractivity contribution in [3.63, 3.8) is 0 Å². The number of amides is 1. The molecule has 1 amide bonds. The van der Waals surface area contributed by atoms with Crippen LogP contribution in [0.4, 0.5) is 0 Å². The van der Waals surface area contributed by atoms with Crippen molar-refractivity contribution in [3.05, 3.63) is 94.7 Å². The number of rotatable bonds is 5. The van der Waals surface area contributed by atoms with Crippen molar-refractivity contribution in [1.29, 1.82) is 0 Å². The van der Waals surface area contributed by atoms with Crippen LogP contribution in [0, 0.1) is 18.8 Å². The normalized spacial score (nSPS) is 10.4. The number of benzene rings is 2. The van der Waals surface area contributed by atoms with Crippen LogP contribution in [-0.4, -0.2) is 25.0 Å². The molecule has 0 bridgehead atoms. The lowest BCUT2D eigenvalue weighted by Crippen LogP contribution is -2.21. The molecule has 3 rings (SSSR count). The molecule has 160 valence electrons. The Hall–Kier alpha value is -4.10. The van der Waals surface area contributed by atoms with E-state index in [-0.39, 0.29) is 5.91 Å². The van der Waals surface area contributed by atoms with Crippen molar-refractivity contribution < 1.29 is 9.53 Å². The van der Waals surface area contributed by atoms with Gasteiger partial charge in [0.1, 0.15) is 5.69 Å². The zero-order valence-corrected chi connectivity index (χ0v) is 18.8. The van der Waals surface area contributed by atoms with Gasteiger partial charge in [-0.25, -0.2) is 4.98 Å². The van der Waals surface area contributed by atoms with Gasteiger partial charge in [-0.05, 0) is 44.2 Å². The van der Waals surface area contributed by atoms with Crippen molar-refractivity contribution in [2.45, 2.75) is 13.8 Å². The van der Waals surface area contributed by atoms with Crippen LogP contribution in [0.25, 0.3) is 23.4 Å². The van der Waals surface area contributed by atoms with E-state index in [1.807, 2.05) is 67.6 Å². The fraction of sp³-hybridized carbons (Fsp3) is 0.143. The molecule has 0 saturated heterocycles. The van der Waals surface area contributed by atoms with E-state index in [1.54, 1.807) is 13.1 Å². The van der Waals surface area contributed by atoms with Crippen LogP contribution in [0.1, 0.15) is 45.2 Å². The van der Waals surface area contributed by atoms with Crippen LogP contribution >= 0.6 is 0 Å². The molecule has 2 aromatic carbocycles. The molecular weight excluding hydrogens is 396 g/mol. The summed E-state index contributed by atoms with van der Waals surface area (Å²) in [6.07, 6.45) is 5.36. The molecule has 0 saturated carbocycles. The molecular formula is C28H26N2O2. The fourth-order valence-corrected chi connectivity index (χ4v) is 3.33. The Bertz CT molecular complexity index is 1230. The summed E-state index contributed by atoms with van der Waals surface area (Å²) in [7, 11) is 3.13. The van der Waals surface area contributed by atoms with Crippen molar-refractivity contribution >= 4 is 18.1 Å². The highest BCUT2D eigenvalue weighted by atomic mass is 16.5. The lowest BCUT2D eigenvalue weighted by molar-refractivity contribution is 0.0960. The predicted molar refractivity (Wildman–Crippen MR) is 132 cm³/mol. The second kappa shape index (κ2) is 10.3. The van der Waals surface area contributed by atoms with Gasteiger partial charge < -0.3 is 10.1 Å². The van der Waals surface area contributed by atoms with Gasteiger partial charge >= 0.3 is 0 Å². The molecule has 0 aliphatic carbocycles. The number of hydrogen-bond acceptors (Lipinski definition) is 3. The smallest absolute Gasteiger partial charge is 0.255 e. The van der Waals surface area contributed by atoms with Gasteiger partial charge in [0.25, 0.3) is 5.91 Å². The second-order valence-electron chi connectivity index (χ2n) is 7.14. The van der Waals surface area contributed by atoms with Gasteiger partial charge in [0.2, 0.25) is 0 Å². The number of nitrogens with zero attached hydrogens (tertiary/aromatic N) is 1. The predicted octanol–water partition coefficient (Wildman–Crippen LogP) is 5.50. The average Bonchev–Trinajstić information content (AvgIpc) is 2.83. The van der Waals surface area contributed by atoms with E-state index in [4.69, 9.17) is 9.72 Å². The van der Waals surface area contributed by atoms with E-state index >= 15 is 0 Å². The summed E-state index contributed by atoms with van der Waals surface area (Å²) < 4.78 is 5.65. The van der Waals surface area contributed by atoms with E-state index in [0.29, 0.717) is 28.3 Å². The quantitative estimate of drug-likeness (QED) is 0.552. The summed E-state index contributed by atoms with van der Waals surface area (Å²) >= 11 is 0. The number of carbonyl (C=O) groups excluding carboxylic acids is 1. The first-order chi connectivity index (χ1) is 15.5. The highest BCUT2D eigenvalue weighted by Crippen LogP contribution is 2.36. The minimum absolute atomic E-state index is 0.258. The number of aryl methyl sites for hydroxylation is 1. The van der Waals surface area contributed by atoms with Crippen molar-refractivity contribution in [3.8, 4) is 28.8 Å². The van der Waals surface area contributed by atoms with Crippen molar-refractivity contribution in [1.82, 2.24) is 10.3 Å². The summed E-state index contributed by atoms with van der Waals surface area (Å²) in [6.45, 7) is 7.82. The third-order valence-electron chi connectivity index (χ3n) is 4.97. The number of aromatic nitrogens is 1. The molecule has 0 atom stereocenters. The van der Waals surface area contributed by atoms with Crippen LogP contribution in [0.5, 0.6) is 5.75 Å². The van der Waals surface area contributed by atoms with Crippen LogP contribution in [0.2, 0.25) is 0 Å². The molecule has 0 unspecified atom stereocenters. The van der Waals surface area contributed by atoms with Gasteiger partial charge in [0.05, 0.1) is 18.4 Å². The zero-order chi connectivity index (χ0) is 23.1. The molecule has 32 heavy (non-hydrogen) atoms. The number of hydrogen-bond donors (Lipinski definition) is 1. The number of carbonyl (C=O) groups is 1. The summed E-state index contributed by atoms with van der Waals surface area (Å²) in [5.74, 6) is 6.52. The van der Waals surface area contributed by atoms with E-state index in [1.165, 1.54) is 12.7 Å². The molecule has 0 spiro atoms. The molecule has 0 fully saturated rings. The summed E-state index contributed by atoms with van der Waals surface area (Å²) in [6, 6.07) is 15.9. The molecule has 1 aromatic heterocycles. The first-order valence-electron chi connectivity index (χ1n) is 10.3. The molecule has 4 heteroatoms. The molecule has 4 nitrogen and oxygen atoms in total. The standard InChI is InChI=1S/C28H26N2O2/c1-6-8-24-23(7-2)25(28(31)29-4)27(32-5)26(30-24)22-17-15-21(16-18-22)14-13-20-11-9-19(3)10-12-20/h6-12,15-18H,2H2,1,3-5H3,(H,29,31)/b8-6-. The topological polar surface area (TPSA) is 51.2 Å². The monoisotopic (exact) mass is 422 g/mol. The van der Waals surface area contributed by atoms with Crippen molar-refractivity contribution in [2.24, 2.45) is 0 Å². The molecule has 0 radical (unpaired) electrons. The Morgan fingerprint density at radius 1 is 1.06 bits per heavy atom. The van der Waals surface area contributed by atoms with Crippen LogP contribution in [-0.2, 0) is 0 Å². The molecule has 0 aliphatic rings. The third-order valence-corrected chi connectivity index (χ3v) is 4.97. The first-order valence-corrected chi connectivity index (χ1v) is 10.3. The van der Waals surface area contributed by atoms with E-state index in [2.05, 4.69) is 30.7 Å². The van der Waals surface area contributed by atoms with Crippen LogP contribution in [0.3, 0.4) is 0 Å². The SMILES string of the molecule is C=Cc1c(/C=C\C)nc(-c2ccc(C#Cc3ccc(C)cc3)cc2)c(OC)c1C(=O)NC. The lowest BCUT2D eigenvalue weighted by atomic mass is 9.98. The highest BCUT2D eigenvalue weighted by Gasteiger charge is 2.23. The van der Waals surface area contributed by atoms with Gasteiger partial charge in [0, 0.05) is 29.3 Å². The zero-order valence-electron chi connectivity index (χ0n) is 18.8. The summed E-state index contributed by atoms with van der Waals surface area (Å²) in [5.41, 5.74) is 6.16. The minimum atomic E-state index is -0.258. The van der Waals surface area contributed by atoms with E-state index < -0.39 is 0 Å². The number of pyridine rings is 1. The van der Waals surface area contributed by atoms with E-state index in [0.717, 1.165) is 16.7 Å². The Labute approximate surface area is 189 Å². The Kier molecular flexibility index (Phi) is 7.25. The Balaban J connectivity index is 2.09. The van der Waals surface area contributed by atoms with Gasteiger partial charge in [-0.15, -0.1) is 0 Å². The maximum Gasteiger partial charge on any atom is 0.255 e. The minimum Gasteiger partial charge on any atom is -0.494 e. The largest absolute Gasteiger partial charge is 0.494 e. The van der Waals surface area contributed by atoms with Crippen LogP contribution < -0.4 is 10.1 Å². The Morgan fingerprint density at radius 3 is 2.16 bits per heavy atom. The molecule has 3 aromatic rings. The summed E-state index contributed by atoms with van der Waals surface area (Å²) in [4.78, 5) is 17.5. The van der Waals surface area contributed by atoms with Crippen molar-refractivity contribution in [2.75, 3.05) is 14.2 Å². The Morgan fingerprint density at radius 2 is 1.66 bits per heavy atom.